The Morgan fingerprint density at radius 3 is 2.32 bits per heavy atom. The Labute approximate surface area is 121 Å². The third-order valence-corrected chi connectivity index (χ3v) is 4.63. The first-order chi connectivity index (χ1) is 8.69. The summed E-state index contributed by atoms with van der Waals surface area (Å²) in [7, 11) is 0. The number of allylic oxidation sites excluding steroid dienone is 1. The zero-order chi connectivity index (χ0) is 14.6. The normalized spacial score (nSPS) is 28.7. The van der Waals surface area contributed by atoms with Crippen molar-refractivity contribution >= 4 is 0 Å². The van der Waals surface area contributed by atoms with E-state index in [0.717, 1.165) is 23.7 Å². The van der Waals surface area contributed by atoms with Crippen LogP contribution in [0.3, 0.4) is 0 Å². The molecule has 0 heterocycles. The number of hydrogen-bond acceptors (Lipinski definition) is 1. The Morgan fingerprint density at radius 1 is 1.21 bits per heavy atom. The topological polar surface area (TPSA) is 12.0 Å². The maximum absolute atomic E-state index is 4.14. The van der Waals surface area contributed by atoms with Crippen LogP contribution in [0.2, 0.25) is 0 Å². The van der Waals surface area contributed by atoms with E-state index < -0.39 is 0 Å². The molecule has 0 amide bonds. The molecule has 1 rings (SSSR count). The predicted molar refractivity (Wildman–Crippen MR) is 86.3 cm³/mol. The summed E-state index contributed by atoms with van der Waals surface area (Å²) < 4.78 is 0. The second kappa shape index (κ2) is 6.92. The molecule has 3 atom stereocenters. The lowest BCUT2D eigenvalue weighted by Gasteiger charge is -2.39. The maximum Gasteiger partial charge on any atom is 0.00966 e. The zero-order valence-electron chi connectivity index (χ0n) is 14.1. The summed E-state index contributed by atoms with van der Waals surface area (Å²) in [5.74, 6) is 3.44. The van der Waals surface area contributed by atoms with E-state index in [-0.39, 0.29) is 5.54 Å². The minimum Gasteiger partial charge on any atom is -0.312 e. The number of nitrogens with one attached hydrogen (secondary N) is 1. The average molecular weight is 265 g/mol. The van der Waals surface area contributed by atoms with E-state index in [4.69, 9.17) is 0 Å². The average Bonchev–Trinajstić information content (AvgIpc) is 2.25. The fourth-order valence-corrected chi connectivity index (χ4v) is 3.37. The van der Waals surface area contributed by atoms with Gasteiger partial charge >= 0.3 is 0 Å². The minimum absolute atomic E-state index is 0.239. The van der Waals surface area contributed by atoms with Gasteiger partial charge in [-0.25, -0.2) is 0 Å². The lowest BCUT2D eigenvalue weighted by Crippen LogP contribution is -2.42. The van der Waals surface area contributed by atoms with Crippen molar-refractivity contribution in [1.29, 1.82) is 0 Å². The Balaban J connectivity index is 2.60. The van der Waals surface area contributed by atoms with Crippen molar-refractivity contribution in [2.75, 3.05) is 6.54 Å². The van der Waals surface area contributed by atoms with Gasteiger partial charge in [0.1, 0.15) is 0 Å². The van der Waals surface area contributed by atoms with Gasteiger partial charge in [-0.05, 0) is 83.6 Å². The van der Waals surface area contributed by atoms with Crippen LogP contribution in [0.5, 0.6) is 0 Å². The molecule has 1 fully saturated rings. The van der Waals surface area contributed by atoms with Crippen molar-refractivity contribution < 1.29 is 0 Å². The molecule has 1 nitrogen and oxygen atoms in total. The van der Waals surface area contributed by atoms with Crippen LogP contribution in [0, 0.1) is 23.7 Å². The van der Waals surface area contributed by atoms with E-state index >= 15 is 0 Å². The Morgan fingerprint density at radius 2 is 1.84 bits per heavy atom. The van der Waals surface area contributed by atoms with E-state index in [1.54, 1.807) is 0 Å². The molecule has 0 spiro atoms. The van der Waals surface area contributed by atoms with Gasteiger partial charge in [-0.1, -0.05) is 19.4 Å². The fourth-order valence-electron chi connectivity index (χ4n) is 3.37. The van der Waals surface area contributed by atoms with E-state index in [9.17, 15) is 0 Å². The predicted octanol–water partition coefficient (Wildman–Crippen LogP) is 5.03. The maximum atomic E-state index is 4.14. The van der Waals surface area contributed by atoms with Gasteiger partial charge < -0.3 is 5.32 Å². The molecule has 0 radical (unpaired) electrons. The molecule has 112 valence electrons. The summed E-state index contributed by atoms with van der Waals surface area (Å²) in [5, 5.41) is 3.71. The van der Waals surface area contributed by atoms with E-state index in [1.807, 2.05) is 0 Å². The molecule has 1 saturated carbocycles. The van der Waals surface area contributed by atoms with Gasteiger partial charge in [0.2, 0.25) is 0 Å². The van der Waals surface area contributed by atoms with Crippen LogP contribution in [0.1, 0.15) is 67.2 Å². The van der Waals surface area contributed by atoms with Gasteiger partial charge in [-0.3, -0.25) is 0 Å². The molecule has 0 aromatic rings. The number of rotatable bonds is 5. The highest BCUT2D eigenvalue weighted by Gasteiger charge is 2.32. The highest BCUT2D eigenvalue weighted by molar-refractivity contribution is 4.95. The summed E-state index contributed by atoms with van der Waals surface area (Å²) in [5.41, 5.74) is 1.60. The quantitative estimate of drug-likeness (QED) is 0.688. The van der Waals surface area contributed by atoms with Gasteiger partial charge in [-0.15, -0.1) is 6.58 Å². The SMILES string of the molecule is C=C(C)CC1CC(C(C)C)CCC1CNC(C)(C)C. The molecule has 0 aliphatic heterocycles. The van der Waals surface area contributed by atoms with Crippen LogP contribution in [-0.2, 0) is 0 Å². The van der Waals surface area contributed by atoms with Crippen molar-refractivity contribution in [3.8, 4) is 0 Å². The molecule has 0 bridgehead atoms. The lowest BCUT2D eigenvalue weighted by atomic mass is 9.68. The molecule has 1 aliphatic carbocycles. The zero-order valence-corrected chi connectivity index (χ0v) is 14.1. The van der Waals surface area contributed by atoms with Gasteiger partial charge in [0.25, 0.3) is 0 Å². The van der Waals surface area contributed by atoms with Crippen LogP contribution in [0.4, 0.5) is 0 Å². The second-order valence-electron chi connectivity index (χ2n) is 8.13. The highest BCUT2D eigenvalue weighted by Crippen LogP contribution is 2.40. The molecular formula is C18H35N. The first-order valence-electron chi connectivity index (χ1n) is 8.08. The third-order valence-electron chi connectivity index (χ3n) is 4.63. The molecule has 1 aliphatic rings. The summed E-state index contributed by atoms with van der Waals surface area (Å²) in [6, 6.07) is 0. The highest BCUT2D eigenvalue weighted by atomic mass is 14.9. The van der Waals surface area contributed by atoms with Crippen molar-refractivity contribution in [3.05, 3.63) is 12.2 Å². The molecule has 0 saturated heterocycles. The van der Waals surface area contributed by atoms with Crippen molar-refractivity contribution in [2.24, 2.45) is 23.7 Å². The molecule has 1 heteroatoms. The summed E-state index contributed by atoms with van der Waals surface area (Å²) >= 11 is 0. The summed E-state index contributed by atoms with van der Waals surface area (Å²) in [4.78, 5) is 0. The minimum atomic E-state index is 0.239. The van der Waals surface area contributed by atoms with Gasteiger partial charge in [0.15, 0.2) is 0 Å². The van der Waals surface area contributed by atoms with E-state index in [0.29, 0.717) is 0 Å². The lowest BCUT2D eigenvalue weighted by molar-refractivity contribution is 0.138. The first-order valence-corrected chi connectivity index (χ1v) is 8.08. The summed E-state index contributed by atoms with van der Waals surface area (Å²) in [6.45, 7) is 19.1. The van der Waals surface area contributed by atoms with Crippen molar-refractivity contribution in [2.45, 2.75) is 72.8 Å². The Kier molecular flexibility index (Phi) is 6.11. The van der Waals surface area contributed by atoms with Crippen LogP contribution in [0.15, 0.2) is 12.2 Å². The molecule has 0 aromatic heterocycles. The standard InChI is InChI=1S/C18H35N/c1-13(2)10-17-11-15(14(3)4)8-9-16(17)12-19-18(5,6)7/h14-17,19H,1,8-12H2,2-7H3. The Hall–Kier alpha value is -0.300. The van der Waals surface area contributed by atoms with Gasteiger partial charge in [-0.2, -0.15) is 0 Å². The number of hydrogen-bond donors (Lipinski definition) is 1. The molecule has 1 N–H and O–H groups in total. The van der Waals surface area contributed by atoms with E-state index in [1.165, 1.54) is 37.8 Å². The molecular weight excluding hydrogens is 230 g/mol. The van der Waals surface area contributed by atoms with Gasteiger partial charge in [0, 0.05) is 5.54 Å². The van der Waals surface area contributed by atoms with Crippen LogP contribution in [0.25, 0.3) is 0 Å². The van der Waals surface area contributed by atoms with Crippen LogP contribution >= 0.6 is 0 Å². The molecule has 0 aromatic carbocycles. The van der Waals surface area contributed by atoms with E-state index in [2.05, 4.69) is 53.4 Å². The largest absolute Gasteiger partial charge is 0.312 e. The third kappa shape index (κ3) is 6.12. The Bertz CT molecular complexity index is 285. The molecule has 19 heavy (non-hydrogen) atoms. The van der Waals surface area contributed by atoms with Gasteiger partial charge in [0.05, 0.1) is 0 Å². The monoisotopic (exact) mass is 265 g/mol. The second-order valence-corrected chi connectivity index (χ2v) is 8.13. The van der Waals surface area contributed by atoms with Crippen molar-refractivity contribution in [3.63, 3.8) is 0 Å². The van der Waals surface area contributed by atoms with Crippen molar-refractivity contribution in [1.82, 2.24) is 5.32 Å². The van der Waals surface area contributed by atoms with Crippen LogP contribution < -0.4 is 5.32 Å². The molecule has 3 unspecified atom stereocenters. The summed E-state index contributed by atoms with van der Waals surface area (Å²) in [6.07, 6.45) is 5.44. The smallest absolute Gasteiger partial charge is 0.00966 e. The fraction of sp³-hybridized carbons (Fsp3) is 0.889. The van der Waals surface area contributed by atoms with Crippen LogP contribution in [-0.4, -0.2) is 12.1 Å². The first kappa shape index (κ1) is 16.8.